The highest BCUT2D eigenvalue weighted by molar-refractivity contribution is 5.88. The summed E-state index contributed by atoms with van der Waals surface area (Å²) in [6.07, 6.45) is 0.718. The Labute approximate surface area is 136 Å². The molecule has 2 rings (SSSR count). The molecule has 0 heterocycles. The van der Waals surface area contributed by atoms with Crippen LogP contribution >= 0.6 is 0 Å². The summed E-state index contributed by atoms with van der Waals surface area (Å²) < 4.78 is 0. The minimum atomic E-state index is -0.964. The molecule has 0 saturated carbocycles. The maximum Gasteiger partial charge on any atom is 0.307 e. The van der Waals surface area contributed by atoms with Crippen molar-refractivity contribution in [2.45, 2.75) is 25.3 Å². The van der Waals surface area contributed by atoms with E-state index in [1.165, 1.54) is 0 Å². The number of carbonyl (C=O) groups excluding carboxylic acids is 1. The Balaban J connectivity index is 1.96. The molecule has 4 nitrogen and oxygen atoms in total. The SMILES string of the molecule is N[C@@H](Cc1ccccc1)C(=O)C[C@@H](Cc1ccccc1)C(=O)O. The molecule has 0 fully saturated rings. The molecule has 0 aliphatic carbocycles. The zero-order valence-electron chi connectivity index (χ0n) is 12.9. The van der Waals surface area contributed by atoms with E-state index in [4.69, 9.17) is 5.73 Å². The molecule has 120 valence electrons. The summed E-state index contributed by atoms with van der Waals surface area (Å²) in [5.74, 6) is -1.92. The number of carboxylic acid groups (broad SMARTS) is 1. The first-order valence-electron chi connectivity index (χ1n) is 7.65. The molecule has 2 aromatic rings. The fourth-order valence-corrected chi connectivity index (χ4v) is 2.52. The maximum atomic E-state index is 12.3. The summed E-state index contributed by atoms with van der Waals surface area (Å²) in [7, 11) is 0. The minimum absolute atomic E-state index is 0.0434. The Morgan fingerprint density at radius 3 is 1.83 bits per heavy atom. The normalized spacial score (nSPS) is 13.3. The number of carboxylic acids is 1. The van der Waals surface area contributed by atoms with Crippen LogP contribution in [0.5, 0.6) is 0 Å². The predicted molar refractivity (Wildman–Crippen MR) is 89.0 cm³/mol. The van der Waals surface area contributed by atoms with Gasteiger partial charge in [0.1, 0.15) is 0 Å². The summed E-state index contributed by atoms with van der Waals surface area (Å²) >= 11 is 0. The minimum Gasteiger partial charge on any atom is -0.481 e. The zero-order chi connectivity index (χ0) is 16.7. The molecule has 0 aliphatic rings. The molecule has 23 heavy (non-hydrogen) atoms. The summed E-state index contributed by atoms with van der Waals surface area (Å²) in [6.45, 7) is 0. The lowest BCUT2D eigenvalue weighted by molar-refractivity contribution is -0.143. The van der Waals surface area contributed by atoms with E-state index in [0.29, 0.717) is 12.8 Å². The van der Waals surface area contributed by atoms with Gasteiger partial charge in [0.15, 0.2) is 5.78 Å². The third-order valence-corrected chi connectivity index (χ3v) is 3.83. The van der Waals surface area contributed by atoms with Crippen LogP contribution in [0.15, 0.2) is 60.7 Å². The van der Waals surface area contributed by atoms with Crippen molar-refractivity contribution < 1.29 is 14.7 Å². The Bertz CT molecular complexity index is 640. The molecule has 0 radical (unpaired) electrons. The van der Waals surface area contributed by atoms with Gasteiger partial charge in [-0.05, 0) is 24.0 Å². The molecular weight excluding hydrogens is 290 g/mol. The Hall–Kier alpha value is -2.46. The van der Waals surface area contributed by atoms with Gasteiger partial charge in [-0.15, -0.1) is 0 Å². The second-order valence-corrected chi connectivity index (χ2v) is 5.69. The van der Waals surface area contributed by atoms with Crippen LogP contribution < -0.4 is 5.73 Å². The number of benzene rings is 2. The largest absolute Gasteiger partial charge is 0.481 e. The fourth-order valence-electron chi connectivity index (χ4n) is 2.52. The molecule has 2 aromatic carbocycles. The monoisotopic (exact) mass is 311 g/mol. The third-order valence-electron chi connectivity index (χ3n) is 3.83. The van der Waals surface area contributed by atoms with Gasteiger partial charge in [-0.1, -0.05) is 60.7 Å². The summed E-state index contributed by atoms with van der Waals surface area (Å²) in [4.78, 5) is 23.7. The second-order valence-electron chi connectivity index (χ2n) is 5.69. The highest BCUT2D eigenvalue weighted by Crippen LogP contribution is 2.15. The van der Waals surface area contributed by atoms with E-state index >= 15 is 0 Å². The van der Waals surface area contributed by atoms with Gasteiger partial charge in [0.05, 0.1) is 12.0 Å². The summed E-state index contributed by atoms with van der Waals surface area (Å²) in [6, 6.07) is 18.2. The second kappa shape index (κ2) is 8.25. The van der Waals surface area contributed by atoms with Gasteiger partial charge >= 0.3 is 5.97 Å². The van der Waals surface area contributed by atoms with E-state index in [0.717, 1.165) is 11.1 Å². The first-order chi connectivity index (χ1) is 11.1. The molecule has 0 aromatic heterocycles. The van der Waals surface area contributed by atoms with E-state index in [-0.39, 0.29) is 12.2 Å². The van der Waals surface area contributed by atoms with Crippen molar-refractivity contribution in [2.75, 3.05) is 0 Å². The van der Waals surface area contributed by atoms with E-state index in [9.17, 15) is 14.7 Å². The van der Waals surface area contributed by atoms with Crippen molar-refractivity contribution >= 4 is 11.8 Å². The van der Waals surface area contributed by atoms with Crippen LogP contribution in [0.4, 0.5) is 0 Å². The van der Waals surface area contributed by atoms with Crippen LogP contribution in [0.25, 0.3) is 0 Å². The quantitative estimate of drug-likeness (QED) is 0.785. The van der Waals surface area contributed by atoms with Crippen LogP contribution in [-0.4, -0.2) is 22.9 Å². The van der Waals surface area contributed by atoms with Crippen molar-refractivity contribution in [3.05, 3.63) is 71.8 Å². The molecular formula is C19H21NO3. The number of rotatable bonds is 8. The smallest absolute Gasteiger partial charge is 0.307 e. The number of Topliss-reactive ketones (excluding diaryl/α,β-unsaturated/α-hetero) is 1. The summed E-state index contributed by atoms with van der Waals surface area (Å²) in [5.41, 5.74) is 7.83. The molecule has 0 amide bonds. The molecule has 0 spiro atoms. The van der Waals surface area contributed by atoms with Crippen LogP contribution in [0.1, 0.15) is 17.5 Å². The van der Waals surface area contributed by atoms with Gasteiger partial charge in [0, 0.05) is 6.42 Å². The number of aliphatic carboxylic acids is 1. The fraction of sp³-hybridized carbons (Fsp3) is 0.263. The van der Waals surface area contributed by atoms with Crippen molar-refractivity contribution in [1.82, 2.24) is 0 Å². The lowest BCUT2D eigenvalue weighted by Gasteiger charge is -2.15. The standard InChI is InChI=1S/C19H21NO3/c20-17(12-15-9-5-2-6-10-15)18(21)13-16(19(22)23)11-14-7-3-1-4-8-14/h1-10,16-17H,11-13,20H2,(H,22,23)/t16-,17+/m1/s1. The molecule has 3 N–H and O–H groups in total. The highest BCUT2D eigenvalue weighted by atomic mass is 16.4. The molecule has 0 saturated heterocycles. The first-order valence-corrected chi connectivity index (χ1v) is 7.65. The van der Waals surface area contributed by atoms with Gasteiger partial charge in [-0.2, -0.15) is 0 Å². The number of carbonyl (C=O) groups is 2. The molecule has 2 atom stereocenters. The number of nitrogens with two attached hydrogens (primary N) is 1. The third kappa shape index (κ3) is 5.34. The van der Waals surface area contributed by atoms with Crippen molar-refractivity contribution in [3.8, 4) is 0 Å². The van der Waals surface area contributed by atoms with Crippen molar-refractivity contribution in [1.29, 1.82) is 0 Å². The first kappa shape index (κ1) is 16.9. The Kier molecular flexibility index (Phi) is 6.06. The van der Waals surface area contributed by atoms with Crippen LogP contribution in [0.3, 0.4) is 0 Å². The van der Waals surface area contributed by atoms with E-state index < -0.39 is 17.9 Å². The van der Waals surface area contributed by atoms with E-state index in [1.807, 2.05) is 60.7 Å². The van der Waals surface area contributed by atoms with Gasteiger partial charge in [0.2, 0.25) is 0 Å². The van der Waals surface area contributed by atoms with Gasteiger partial charge in [0.25, 0.3) is 0 Å². The number of hydrogen-bond acceptors (Lipinski definition) is 3. The van der Waals surface area contributed by atoms with Crippen molar-refractivity contribution in [2.24, 2.45) is 11.7 Å². The van der Waals surface area contributed by atoms with Gasteiger partial charge in [-0.25, -0.2) is 0 Å². The van der Waals surface area contributed by atoms with Crippen LogP contribution in [0, 0.1) is 5.92 Å². The molecule has 4 heteroatoms. The predicted octanol–water partition coefficient (Wildman–Crippen LogP) is 2.46. The topological polar surface area (TPSA) is 80.4 Å². The average molecular weight is 311 g/mol. The zero-order valence-corrected chi connectivity index (χ0v) is 12.9. The van der Waals surface area contributed by atoms with Crippen LogP contribution in [-0.2, 0) is 22.4 Å². The average Bonchev–Trinajstić information content (AvgIpc) is 2.56. The Morgan fingerprint density at radius 2 is 1.35 bits per heavy atom. The molecule has 0 bridgehead atoms. The van der Waals surface area contributed by atoms with Crippen molar-refractivity contribution in [3.63, 3.8) is 0 Å². The van der Waals surface area contributed by atoms with Gasteiger partial charge in [-0.3, -0.25) is 9.59 Å². The van der Waals surface area contributed by atoms with E-state index in [1.54, 1.807) is 0 Å². The molecule has 0 unspecified atom stereocenters. The number of hydrogen-bond donors (Lipinski definition) is 2. The lowest BCUT2D eigenvalue weighted by atomic mass is 9.91. The van der Waals surface area contributed by atoms with Gasteiger partial charge < -0.3 is 10.8 Å². The Morgan fingerprint density at radius 1 is 0.870 bits per heavy atom. The number of ketones is 1. The highest BCUT2D eigenvalue weighted by Gasteiger charge is 2.24. The lowest BCUT2D eigenvalue weighted by Crippen LogP contribution is -2.35. The van der Waals surface area contributed by atoms with E-state index in [2.05, 4.69) is 0 Å². The molecule has 0 aliphatic heterocycles. The summed E-state index contributed by atoms with van der Waals surface area (Å²) in [5, 5.41) is 9.36. The van der Waals surface area contributed by atoms with Crippen LogP contribution in [0.2, 0.25) is 0 Å². The maximum absolute atomic E-state index is 12.3.